The minimum Gasteiger partial charge on any atom is -0.478 e. The number of fused-ring (bicyclic) bond motifs is 2. The lowest BCUT2D eigenvalue weighted by molar-refractivity contribution is -0.134. The number of amides is 1. The van der Waals surface area contributed by atoms with Crippen LogP contribution < -0.4 is 16.0 Å². The molecule has 9 nitrogen and oxygen atoms in total. The molecule has 10 heteroatoms. The van der Waals surface area contributed by atoms with Gasteiger partial charge in [0.25, 0.3) is 0 Å². The molecule has 160 valence electrons. The van der Waals surface area contributed by atoms with Gasteiger partial charge in [-0.15, -0.1) is 11.3 Å². The highest BCUT2D eigenvalue weighted by molar-refractivity contribution is 7.17. The Morgan fingerprint density at radius 2 is 1.87 bits per heavy atom. The van der Waals surface area contributed by atoms with Crippen LogP contribution in [-0.2, 0) is 17.8 Å². The van der Waals surface area contributed by atoms with Crippen molar-refractivity contribution in [3.63, 3.8) is 0 Å². The number of nitrogens with zero attached hydrogens (tertiary/aromatic N) is 4. The molecule has 1 unspecified atom stereocenters. The molecule has 2 aromatic heterocycles. The summed E-state index contributed by atoms with van der Waals surface area (Å²) in [6.45, 7) is 2.87. The second-order valence-corrected chi connectivity index (χ2v) is 8.62. The maximum Gasteiger partial charge on any atom is 0.337 e. The molecule has 31 heavy (non-hydrogen) atoms. The lowest BCUT2D eigenvalue weighted by Crippen LogP contribution is -2.55. The third-order valence-corrected chi connectivity index (χ3v) is 6.80. The predicted octanol–water partition coefficient (Wildman–Crippen LogP) is 1.33. The lowest BCUT2D eigenvalue weighted by Gasteiger charge is -2.38. The van der Waals surface area contributed by atoms with Crippen LogP contribution in [0, 0.1) is 0 Å². The third-order valence-electron chi connectivity index (χ3n) is 5.93. The Bertz CT molecular complexity index is 1170. The maximum absolute atomic E-state index is 13.1. The Kier molecular flexibility index (Phi) is 4.95. The van der Waals surface area contributed by atoms with Crippen LogP contribution in [-0.4, -0.2) is 64.1 Å². The summed E-state index contributed by atoms with van der Waals surface area (Å²) in [5.74, 6) is -0.274. The number of aromatic carboxylic acids is 1. The summed E-state index contributed by atoms with van der Waals surface area (Å²) in [4.78, 5) is 37.7. The normalized spacial score (nSPS) is 18.8. The van der Waals surface area contributed by atoms with Crippen molar-refractivity contribution >= 4 is 45.2 Å². The number of nitrogens with one attached hydrogen (secondary N) is 1. The van der Waals surface area contributed by atoms with E-state index in [-0.39, 0.29) is 23.5 Å². The molecule has 4 N–H and O–H groups in total. The third kappa shape index (κ3) is 3.57. The topological polar surface area (TPSA) is 125 Å². The number of hydrogen-bond acceptors (Lipinski definition) is 8. The molecule has 1 atom stereocenters. The minimum absolute atomic E-state index is 0.100. The Labute approximate surface area is 182 Å². The first-order chi connectivity index (χ1) is 15.0. The number of anilines is 2. The smallest absolute Gasteiger partial charge is 0.337 e. The lowest BCUT2D eigenvalue weighted by atomic mass is 9.95. The van der Waals surface area contributed by atoms with Gasteiger partial charge in [-0.2, -0.15) is 4.98 Å². The molecule has 1 saturated heterocycles. The molecular formula is C21H22N6O3S. The number of carbonyl (C=O) groups is 2. The molecule has 5 rings (SSSR count). The van der Waals surface area contributed by atoms with E-state index in [1.807, 2.05) is 21.9 Å². The van der Waals surface area contributed by atoms with Crippen molar-refractivity contribution in [1.29, 1.82) is 0 Å². The molecule has 2 aliphatic heterocycles. The Balaban J connectivity index is 1.32. The number of rotatable bonds is 3. The fourth-order valence-electron chi connectivity index (χ4n) is 4.31. The van der Waals surface area contributed by atoms with Crippen LogP contribution in [0.25, 0.3) is 10.2 Å². The number of carboxylic acids is 1. The summed E-state index contributed by atoms with van der Waals surface area (Å²) in [5, 5.41) is 15.0. The molecule has 0 spiro atoms. The first-order valence-corrected chi connectivity index (χ1v) is 11.0. The van der Waals surface area contributed by atoms with E-state index in [0.717, 1.165) is 0 Å². The van der Waals surface area contributed by atoms with Crippen LogP contribution in [0.4, 0.5) is 11.8 Å². The highest BCUT2D eigenvalue weighted by Gasteiger charge is 2.31. The first kappa shape index (κ1) is 19.7. The van der Waals surface area contributed by atoms with Gasteiger partial charge in [0.05, 0.1) is 17.0 Å². The van der Waals surface area contributed by atoms with Crippen molar-refractivity contribution in [3.8, 4) is 0 Å². The number of carbonyl (C=O) groups excluding carboxylic acids is 1. The molecule has 1 aromatic carbocycles. The second kappa shape index (κ2) is 7.78. The van der Waals surface area contributed by atoms with E-state index in [4.69, 9.17) is 5.73 Å². The zero-order valence-electron chi connectivity index (χ0n) is 16.7. The van der Waals surface area contributed by atoms with Crippen LogP contribution in [0.3, 0.4) is 0 Å². The van der Waals surface area contributed by atoms with Crippen molar-refractivity contribution in [2.24, 2.45) is 0 Å². The van der Waals surface area contributed by atoms with E-state index < -0.39 is 5.97 Å². The van der Waals surface area contributed by atoms with Crippen molar-refractivity contribution < 1.29 is 14.7 Å². The van der Waals surface area contributed by atoms with E-state index >= 15 is 0 Å². The number of nitrogens with two attached hydrogens (primary N) is 1. The zero-order valence-corrected chi connectivity index (χ0v) is 17.6. The summed E-state index contributed by atoms with van der Waals surface area (Å²) in [6.07, 6.45) is 0.690. The molecular weight excluding hydrogens is 416 g/mol. The molecule has 0 bridgehead atoms. The molecule has 1 fully saturated rings. The summed E-state index contributed by atoms with van der Waals surface area (Å²) in [7, 11) is 0. The Hall–Kier alpha value is -3.24. The summed E-state index contributed by atoms with van der Waals surface area (Å²) in [6, 6.07) is 7.97. The highest BCUT2D eigenvalue weighted by Crippen LogP contribution is 2.33. The highest BCUT2D eigenvalue weighted by atomic mass is 32.1. The second-order valence-electron chi connectivity index (χ2n) is 7.76. The number of nitrogen functional groups attached to an aromatic ring is 1. The summed E-state index contributed by atoms with van der Waals surface area (Å²) in [5.41, 5.74) is 8.51. The zero-order chi connectivity index (χ0) is 21.5. The molecule has 3 aromatic rings. The number of hydrogen-bond donors (Lipinski definition) is 3. The van der Waals surface area contributed by atoms with Gasteiger partial charge in [0.2, 0.25) is 11.9 Å². The van der Waals surface area contributed by atoms with Crippen LogP contribution >= 0.6 is 11.3 Å². The monoisotopic (exact) mass is 438 g/mol. The molecule has 1 amide bonds. The summed E-state index contributed by atoms with van der Waals surface area (Å²) >= 11 is 1.24. The predicted molar refractivity (Wildman–Crippen MR) is 118 cm³/mol. The van der Waals surface area contributed by atoms with Gasteiger partial charge < -0.3 is 26.0 Å². The van der Waals surface area contributed by atoms with Gasteiger partial charge >= 0.3 is 5.97 Å². The van der Waals surface area contributed by atoms with E-state index in [1.165, 1.54) is 22.5 Å². The van der Waals surface area contributed by atoms with Gasteiger partial charge in [-0.1, -0.05) is 24.3 Å². The van der Waals surface area contributed by atoms with E-state index in [1.54, 1.807) is 5.38 Å². The van der Waals surface area contributed by atoms with Gasteiger partial charge in [-0.25, -0.2) is 9.78 Å². The minimum atomic E-state index is -1.02. The van der Waals surface area contributed by atoms with Crippen LogP contribution in [0.2, 0.25) is 0 Å². The quantitative estimate of drug-likeness (QED) is 0.559. The van der Waals surface area contributed by atoms with E-state index in [2.05, 4.69) is 27.4 Å². The standard InChI is InChI=1S/C21H22N6O3S/c22-21-24-17(16-14(20(29)30)11-31-18(16)25-21)26-5-7-27(8-6-26)19(28)15-9-12-3-1-2-4-13(12)10-23-15/h1-4,11,15,23H,5-10H2,(H,29,30)(H2,22,24,25). The molecule has 0 saturated carbocycles. The summed E-state index contributed by atoms with van der Waals surface area (Å²) < 4.78 is 0. The number of carboxylic acid groups (broad SMARTS) is 1. The van der Waals surface area contributed by atoms with Gasteiger partial charge in [-0.3, -0.25) is 4.79 Å². The number of piperazine rings is 1. The van der Waals surface area contributed by atoms with Crippen molar-refractivity contribution in [2.75, 3.05) is 36.8 Å². The van der Waals surface area contributed by atoms with Gasteiger partial charge in [0, 0.05) is 38.1 Å². The van der Waals surface area contributed by atoms with Crippen molar-refractivity contribution in [2.45, 2.75) is 19.0 Å². The number of thiophene rings is 1. The maximum atomic E-state index is 13.1. The molecule has 0 aliphatic carbocycles. The van der Waals surface area contributed by atoms with Crippen molar-refractivity contribution in [3.05, 3.63) is 46.3 Å². The van der Waals surface area contributed by atoms with Gasteiger partial charge in [-0.05, 0) is 17.5 Å². The molecule has 4 heterocycles. The van der Waals surface area contributed by atoms with E-state index in [9.17, 15) is 14.7 Å². The fourth-order valence-corrected chi connectivity index (χ4v) is 5.23. The average Bonchev–Trinajstić information content (AvgIpc) is 3.22. The first-order valence-electron chi connectivity index (χ1n) is 10.1. The Morgan fingerprint density at radius 1 is 1.13 bits per heavy atom. The SMILES string of the molecule is Nc1nc(N2CCN(C(=O)C3Cc4ccccc4CN3)CC2)c2c(C(=O)O)csc2n1. The van der Waals surface area contributed by atoms with Crippen LogP contribution in [0.1, 0.15) is 21.5 Å². The fraction of sp³-hybridized carbons (Fsp3) is 0.333. The number of aromatic nitrogens is 2. The molecule has 0 radical (unpaired) electrons. The van der Waals surface area contributed by atoms with Crippen molar-refractivity contribution in [1.82, 2.24) is 20.2 Å². The number of benzene rings is 1. The molecule has 2 aliphatic rings. The Morgan fingerprint density at radius 3 is 2.61 bits per heavy atom. The van der Waals surface area contributed by atoms with E-state index in [0.29, 0.717) is 55.2 Å². The van der Waals surface area contributed by atoms with Gasteiger partial charge in [0.1, 0.15) is 10.6 Å². The largest absolute Gasteiger partial charge is 0.478 e. The van der Waals surface area contributed by atoms with Crippen LogP contribution in [0.15, 0.2) is 29.6 Å². The van der Waals surface area contributed by atoms with Crippen LogP contribution in [0.5, 0.6) is 0 Å². The van der Waals surface area contributed by atoms with Gasteiger partial charge in [0.15, 0.2) is 0 Å². The average molecular weight is 439 g/mol.